The van der Waals surface area contributed by atoms with Crippen molar-refractivity contribution in [1.29, 1.82) is 0 Å². The SMILES string of the molecule is COC(=O)c1cccc(C(=O)N(Cc2ccc(Cl)c(Cl)c2)Cc2ccccn2)c1. The van der Waals surface area contributed by atoms with Gasteiger partial charge in [-0.05, 0) is 48.0 Å². The van der Waals surface area contributed by atoms with E-state index in [4.69, 9.17) is 27.9 Å². The van der Waals surface area contributed by atoms with E-state index >= 15 is 0 Å². The number of hydrogen-bond acceptors (Lipinski definition) is 4. The van der Waals surface area contributed by atoms with Crippen molar-refractivity contribution in [2.45, 2.75) is 13.1 Å². The predicted octanol–water partition coefficient (Wildman–Crippen LogP) is 5.02. The number of pyridine rings is 1. The number of benzene rings is 2. The Morgan fingerprint density at radius 2 is 1.72 bits per heavy atom. The summed E-state index contributed by atoms with van der Waals surface area (Å²) in [6.45, 7) is 0.594. The smallest absolute Gasteiger partial charge is 0.337 e. The van der Waals surface area contributed by atoms with Crippen LogP contribution < -0.4 is 0 Å². The lowest BCUT2D eigenvalue weighted by molar-refractivity contribution is 0.0600. The molecule has 0 unspecified atom stereocenters. The molecular formula is C22H18Cl2N2O3. The summed E-state index contributed by atoms with van der Waals surface area (Å²) in [5, 5.41) is 0.867. The van der Waals surface area contributed by atoms with Crippen LogP contribution in [-0.4, -0.2) is 28.9 Å². The lowest BCUT2D eigenvalue weighted by Crippen LogP contribution is -2.30. The minimum Gasteiger partial charge on any atom is -0.465 e. The van der Waals surface area contributed by atoms with E-state index in [1.807, 2.05) is 24.3 Å². The van der Waals surface area contributed by atoms with E-state index in [-0.39, 0.29) is 5.91 Å². The zero-order valence-corrected chi connectivity index (χ0v) is 17.2. The molecule has 1 amide bonds. The van der Waals surface area contributed by atoms with Gasteiger partial charge in [0.25, 0.3) is 5.91 Å². The molecule has 0 aliphatic carbocycles. The Labute approximate surface area is 178 Å². The highest BCUT2D eigenvalue weighted by Crippen LogP contribution is 2.24. The van der Waals surface area contributed by atoms with Crippen LogP contribution in [0.25, 0.3) is 0 Å². The first kappa shape index (κ1) is 20.8. The first-order chi connectivity index (χ1) is 14.0. The molecule has 0 saturated carbocycles. The Morgan fingerprint density at radius 1 is 0.931 bits per heavy atom. The van der Waals surface area contributed by atoms with Gasteiger partial charge in [0.15, 0.2) is 0 Å². The molecule has 3 rings (SSSR count). The molecule has 29 heavy (non-hydrogen) atoms. The fraction of sp³-hybridized carbons (Fsp3) is 0.136. The Hall–Kier alpha value is -2.89. The second-order valence-corrected chi connectivity index (χ2v) is 7.12. The first-order valence-electron chi connectivity index (χ1n) is 8.79. The third-order valence-electron chi connectivity index (χ3n) is 4.25. The van der Waals surface area contributed by atoms with E-state index in [1.54, 1.807) is 41.4 Å². The van der Waals surface area contributed by atoms with E-state index in [9.17, 15) is 9.59 Å². The van der Waals surface area contributed by atoms with E-state index in [0.717, 1.165) is 11.3 Å². The highest BCUT2D eigenvalue weighted by atomic mass is 35.5. The molecule has 0 aliphatic heterocycles. The molecule has 0 N–H and O–H groups in total. The monoisotopic (exact) mass is 428 g/mol. The quantitative estimate of drug-likeness (QED) is 0.517. The minimum atomic E-state index is -0.500. The Balaban J connectivity index is 1.92. The number of esters is 1. The third-order valence-corrected chi connectivity index (χ3v) is 4.99. The molecule has 0 spiro atoms. The van der Waals surface area contributed by atoms with Gasteiger partial charge in [-0.25, -0.2) is 4.79 Å². The Bertz CT molecular complexity index is 1030. The summed E-state index contributed by atoms with van der Waals surface area (Å²) in [5.74, 6) is -0.743. The largest absolute Gasteiger partial charge is 0.465 e. The molecule has 0 radical (unpaired) electrons. The maximum Gasteiger partial charge on any atom is 0.337 e. The van der Waals surface area contributed by atoms with Crippen LogP contribution in [0.15, 0.2) is 66.9 Å². The zero-order valence-electron chi connectivity index (χ0n) is 15.6. The molecule has 0 aliphatic rings. The van der Waals surface area contributed by atoms with Crippen LogP contribution in [0.5, 0.6) is 0 Å². The van der Waals surface area contributed by atoms with E-state index in [0.29, 0.717) is 34.3 Å². The second kappa shape index (κ2) is 9.54. The normalized spacial score (nSPS) is 10.4. The number of hydrogen-bond donors (Lipinski definition) is 0. The molecule has 1 aromatic heterocycles. The van der Waals surface area contributed by atoms with Gasteiger partial charge in [0.2, 0.25) is 0 Å². The molecule has 2 aromatic carbocycles. The summed E-state index contributed by atoms with van der Waals surface area (Å²) in [5.41, 5.74) is 2.26. The highest BCUT2D eigenvalue weighted by Gasteiger charge is 2.19. The van der Waals surface area contributed by atoms with Crippen LogP contribution >= 0.6 is 23.2 Å². The van der Waals surface area contributed by atoms with E-state index in [1.165, 1.54) is 13.2 Å². The summed E-state index contributed by atoms with van der Waals surface area (Å²) in [6.07, 6.45) is 1.68. The van der Waals surface area contributed by atoms with Crippen molar-refractivity contribution < 1.29 is 14.3 Å². The number of methoxy groups -OCH3 is 1. The number of aromatic nitrogens is 1. The molecule has 0 atom stereocenters. The van der Waals surface area contributed by atoms with Crippen molar-refractivity contribution >= 4 is 35.1 Å². The van der Waals surface area contributed by atoms with E-state index < -0.39 is 5.97 Å². The maximum absolute atomic E-state index is 13.3. The third kappa shape index (κ3) is 5.34. The summed E-state index contributed by atoms with van der Waals surface area (Å²) in [6, 6.07) is 17.2. The average Bonchev–Trinajstić information content (AvgIpc) is 2.75. The standard InChI is InChI=1S/C22H18Cl2N2O3/c1-29-22(28)17-6-4-5-16(12-17)21(27)26(14-18-7-2-3-10-25-18)13-15-8-9-19(23)20(24)11-15/h2-12H,13-14H2,1H3. The topological polar surface area (TPSA) is 59.5 Å². The molecule has 1 heterocycles. The van der Waals surface area contributed by atoms with Gasteiger partial charge in [0.1, 0.15) is 0 Å². The van der Waals surface area contributed by atoms with Crippen LogP contribution in [0, 0.1) is 0 Å². The van der Waals surface area contributed by atoms with Crippen molar-refractivity contribution in [2.24, 2.45) is 0 Å². The lowest BCUT2D eigenvalue weighted by Gasteiger charge is -2.23. The van der Waals surface area contributed by atoms with Crippen LogP contribution in [0.2, 0.25) is 10.0 Å². The van der Waals surface area contributed by atoms with Crippen molar-refractivity contribution in [3.8, 4) is 0 Å². The van der Waals surface area contributed by atoms with Crippen LogP contribution in [0.1, 0.15) is 32.0 Å². The molecular weight excluding hydrogens is 411 g/mol. The van der Waals surface area contributed by atoms with Crippen LogP contribution in [-0.2, 0) is 17.8 Å². The molecule has 0 bridgehead atoms. The molecule has 5 nitrogen and oxygen atoms in total. The fourth-order valence-electron chi connectivity index (χ4n) is 2.82. The number of halogens is 2. The van der Waals surface area contributed by atoms with Crippen LogP contribution in [0.3, 0.4) is 0 Å². The van der Waals surface area contributed by atoms with E-state index in [2.05, 4.69) is 4.98 Å². The zero-order chi connectivity index (χ0) is 20.8. The van der Waals surface area contributed by atoms with Gasteiger partial charge in [-0.1, -0.05) is 41.4 Å². The van der Waals surface area contributed by atoms with Crippen molar-refractivity contribution in [1.82, 2.24) is 9.88 Å². The van der Waals surface area contributed by atoms with Gasteiger partial charge in [0.05, 0.1) is 35.0 Å². The number of carbonyl (C=O) groups excluding carboxylic acids is 2. The predicted molar refractivity (Wildman–Crippen MR) is 112 cm³/mol. The average molecular weight is 429 g/mol. The van der Waals surface area contributed by atoms with Gasteiger partial charge in [-0.15, -0.1) is 0 Å². The van der Waals surface area contributed by atoms with Gasteiger partial charge in [-0.2, -0.15) is 0 Å². The van der Waals surface area contributed by atoms with Gasteiger partial charge in [-0.3, -0.25) is 9.78 Å². The Morgan fingerprint density at radius 3 is 2.41 bits per heavy atom. The fourth-order valence-corrected chi connectivity index (χ4v) is 3.15. The number of ether oxygens (including phenoxy) is 1. The highest BCUT2D eigenvalue weighted by molar-refractivity contribution is 6.42. The van der Waals surface area contributed by atoms with Crippen molar-refractivity contribution in [2.75, 3.05) is 7.11 Å². The van der Waals surface area contributed by atoms with Gasteiger partial charge < -0.3 is 9.64 Å². The molecule has 0 fully saturated rings. The summed E-state index contributed by atoms with van der Waals surface area (Å²) in [7, 11) is 1.30. The first-order valence-corrected chi connectivity index (χ1v) is 9.55. The molecule has 148 valence electrons. The molecule has 7 heteroatoms. The number of rotatable bonds is 6. The molecule has 3 aromatic rings. The van der Waals surface area contributed by atoms with Crippen molar-refractivity contribution in [3.05, 3.63) is 99.3 Å². The van der Waals surface area contributed by atoms with Gasteiger partial charge in [0, 0.05) is 18.3 Å². The summed E-state index contributed by atoms with van der Waals surface area (Å²) in [4.78, 5) is 31.0. The number of carbonyl (C=O) groups is 2. The summed E-state index contributed by atoms with van der Waals surface area (Å²) >= 11 is 12.1. The summed E-state index contributed by atoms with van der Waals surface area (Å²) < 4.78 is 4.75. The van der Waals surface area contributed by atoms with Crippen molar-refractivity contribution in [3.63, 3.8) is 0 Å². The maximum atomic E-state index is 13.3. The van der Waals surface area contributed by atoms with Gasteiger partial charge >= 0.3 is 5.97 Å². The minimum absolute atomic E-state index is 0.243. The molecule has 0 saturated heterocycles. The number of nitrogens with zero attached hydrogens (tertiary/aromatic N) is 2. The number of amides is 1. The lowest BCUT2D eigenvalue weighted by atomic mass is 10.1. The second-order valence-electron chi connectivity index (χ2n) is 6.30. The van der Waals surface area contributed by atoms with Crippen LogP contribution in [0.4, 0.5) is 0 Å². The Kier molecular flexibility index (Phi) is 6.86.